The fraction of sp³-hybridized carbons (Fsp3) is 0.357. The first-order chi connectivity index (χ1) is 7.56. The number of carbonyl (C=O) groups is 1. The second-order valence-electron chi connectivity index (χ2n) is 4.12. The molecular formula is C14H19NO. The number of benzene rings is 1. The average Bonchev–Trinajstić information content (AvgIpc) is 2.16. The van der Waals surface area contributed by atoms with Gasteiger partial charge in [0.2, 0.25) is 0 Å². The minimum absolute atomic E-state index is 0.150. The maximum absolute atomic E-state index is 12.0. The molecule has 0 atom stereocenters. The molecule has 0 bridgehead atoms. The highest BCUT2D eigenvalue weighted by Gasteiger charge is 2.11. The van der Waals surface area contributed by atoms with E-state index in [1.807, 2.05) is 32.9 Å². The van der Waals surface area contributed by atoms with Gasteiger partial charge in [-0.25, -0.2) is 0 Å². The van der Waals surface area contributed by atoms with Crippen molar-refractivity contribution in [1.29, 1.82) is 0 Å². The SMILES string of the molecule is C=CCNCC(=O)c1c(C)cc(C)cc1C. The van der Waals surface area contributed by atoms with Crippen LogP contribution in [0.4, 0.5) is 0 Å². The largest absolute Gasteiger partial charge is 0.306 e. The van der Waals surface area contributed by atoms with Gasteiger partial charge in [-0.05, 0) is 31.9 Å². The monoisotopic (exact) mass is 217 g/mol. The minimum Gasteiger partial charge on any atom is -0.306 e. The van der Waals surface area contributed by atoms with E-state index >= 15 is 0 Å². The van der Waals surface area contributed by atoms with Crippen LogP contribution in [-0.2, 0) is 0 Å². The molecule has 2 heteroatoms. The third-order valence-electron chi connectivity index (χ3n) is 2.53. The van der Waals surface area contributed by atoms with Crippen LogP contribution in [0.2, 0.25) is 0 Å². The number of hydrogen-bond donors (Lipinski definition) is 1. The fourth-order valence-electron chi connectivity index (χ4n) is 2.00. The Balaban J connectivity index is 2.86. The minimum atomic E-state index is 0.150. The van der Waals surface area contributed by atoms with E-state index in [0.717, 1.165) is 16.7 Å². The molecule has 0 aliphatic rings. The molecule has 1 aromatic carbocycles. The number of ketones is 1. The Kier molecular flexibility index (Phi) is 4.44. The van der Waals surface area contributed by atoms with Crippen LogP contribution in [0, 0.1) is 20.8 Å². The van der Waals surface area contributed by atoms with E-state index in [0.29, 0.717) is 13.1 Å². The maximum Gasteiger partial charge on any atom is 0.177 e. The van der Waals surface area contributed by atoms with Crippen molar-refractivity contribution >= 4 is 5.78 Å². The van der Waals surface area contributed by atoms with Crippen LogP contribution in [0.1, 0.15) is 27.0 Å². The van der Waals surface area contributed by atoms with E-state index in [1.165, 1.54) is 5.56 Å². The molecule has 0 unspecified atom stereocenters. The van der Waals surface area contributed by atoms with Crippen molar-refractivity contribution in [1.82, 2.24) is 5.32 Å². The lowest BCUT2D eigenvalue weighted by molar-refractivity contribution is 0.0991. The molecule has 1 N–H and O–H groups in total. The molecule has 0 saturated heterocycles. The topological polar surface area (TPSA) is 29.1 Å². The van der Waals surface area contributed by atoms with Gasteiger partial charge < -0.3 is 5.32 Å². The second-order valence-corrected chi connectivity index (χ2v) is 4.12. The van der Waals surface area contributed by atoms with Gasteiger partial charge in [-0.2, -0.15) is 0 Å². The van der Waals surface area contributed by atoms with Gasteiger partial charge in [0.25, 0.3) is 0 Å². The van der Waals surface area contributed by atoms with E-state index < -0.39 is 0 Å². The first-order valence-electron chi connectivity index (χ1n) is 5.49. The summed E-state index contributed by atoms with van der Waals surface area (Å²) < 4.78 is 0. The van der Waals surface area contributed by atoms with Crippen LogP contribution in [0.25, 0.3) is 0 Å². The number of carbonyl (C=O) groups excluding carboxylic acids is 1. The number of Topliss-reactive ketones (excluding diaryl/α,β-unsaturated/α-hetero) is 1. The number of nitrogens with one attached hydrogen (secondary N) is 1. The number of hydrogen-bond acceptors (Lipinski definition) is 2. The predicted octanol–water partition coefficient (Wildman–Crippen LogP) is 2.57. The zero-order chi connectivity index (χ0) is 12.1. The van der Waals surface area contributed by atoms with Gasteiger partial charge in [-0.3, -0.25) is 4.79 Å². The number of aryl methyl sites for hydroxylation is 3. The Morgan fingerprint density at radius 3 is 2.38 bits per heavy atom. The van der Waals surface area contributed by atoms with E-state index in [4.69, 9.17) is 0 Å². The summed E-state index contributed by atoms with van der Waals surface area (Å²) >= 11 is 0. The summed E-state index contributed by atoms with van der Waals surface area (Å²) in [5.41, 5.74) is 4.17. The van der Waals surface area contributed by atoms with Crippen molar-refractivity contribution < 1.29 is 4.79 Å². The summed E-state index contributed by atoms with van der Waals surface area (Å²) in [5, 5.41) is 3.03. The van der Waals surface area contributed by atoms with E-state index in [9.17, 15) is 4.79 Å². The summed E-state index contributed by atoms with van der Waals surface area (Å²) in [7, 11) is 0. The second kappa shape index (κ2) is 5.61. The highest BCUT2D eigenvalue weighted by Crippen LogP contribution is 2.16. The molecule has 0 heterocycles. The molecule has 0 saturated carbocycles. The average molecular weight is 217 g/mol. The van der Waals surface area contributed by atoms with Crippen molar-refractivity contribution in [3.63, 3.8) is 0 Å². The molecular weight excluding hydrogens is 198 g/mol. The van der Waals surface area contributed by atoms with Crippen LogP contribution in [-0.4, -0.2) is 18.9 Å². The fourth-order valence-corrected chi connectivity index (χ4v) is 2.00. The maximum atomic E-state index is 12.0. The zero-order valence-corrected chi connectivity index (χ0v) is 10.3. The standard InChI is InChI=1S/C14H19NO/c1-5-6-15-9-13(16)14-11(3)7-10(2)8-12(14)4/h5,7-8,15H,1,6,9H2,2-4H3. The zero-order valence-electron chi connectivity index (χ0n) is 10.3. The van der Waals surface area contributed by atoms with Crippen LogP contribution < -0.4 is 5.32 Å². The van der Waals surface area contributed by atoms with Crippen LogP contribution in [0.5, 0.6) is 0 Å². The molecule has 0 aromatic heterocycles. The van der Waals surface area contributed by atoms with E-state index in [-0.39, 0.29) is 5.78 Å². The van der Waals surface area contributed by atoms with E-state index in [2.05, 4.69) is 11.9 Å². The van der Waals surface area contributed by atoms with Gasteiger partial charge in [0.15, 0.2) is 5.78 Å². The summed E-state index contributed by atoms with van der Waals surface area (Å²) in [6.45, 7) is 10.7. The molecule has 0 amide bonds. The molecule has 0 radical (unpaired) electrons. The first kappa shape index (κ1) is 12.7. The molecule has 1 rings (SSSR count). The van der Waals surface area contributed by atoms with E-state index in [1.54, 1.807) is 6.08 Å². The molecule has 16 heavy (non-hydrogen) atoms. The molecule has 86 valence electrons. The molecule has 2 nitrogen and oxygen atoms in total. The predicted molar refractivity (Wildman–Crippen MR) is 68.1 cm³/mol. The molecule has 1 aromatic rings. The molecule has 0 aliphatic carbocycles. The Bertz CT molecular complexity index is 384. The van der Waals surface area contributed by atoms with Crippen molar-refractivity contribution in [2.24, 2.45) is 0 Å². The van der Waals surface area contributed by atoms with Gasteiger partial charge in [-0.1, -0.05) is 23.8 Å². The normalized spacial score (nSPS) is 10.2. The number of rotatable bonds is 5. The lowest BCUT2D eigenvalue weighted by Crippen LogP contribution is -2.24. The van der Waals surface area contributed by atoms with Crippen LogP contribution in [0.3, 0.4) is 0 Å². The van der Waals surface area contributed by atoms with Crippen molar-refractivity contribution in [2.45, 2.75) is 20.8 Å². The summed E-state index contributed by atoms with van der Waals surface area (Å²) in [5.74, 6) is 0.150. The highest BCUT2D eigenvalue weighted by atomic mass is 16.1. The third kappa shape index (κ3) is 3.04. The van der Waals surface area contributed by atoms with Crippen LogP contribution in [0.15, 0.2) is 24.8 Å². The Labute approximate surface area is 97.4 Å². The summed E-state index contributed by atoms with van der Waals surface area (Å²) in [6, 6.07) is 4.10. The summed E-state index contributed by atoms with van der Waals surface area (Å²) in [4.78, 5) is 12.0. The Morgan fingerprint density at radius 2 is 1.88 bits per heavy atom. The lowest BCUT2D eigenvalue weighted by Gasteiger charge is -2.10. The van der Waals surface area contributed by atoms with Crippen molar-refractivity contribution in [3.8, 4) is 0 Å². The molecule has 0 aliphatic heterocycles. The van der Waals surface area contributed by atoms with Gasteiger partial charge in [0, 0.05) is 12.1 Å². The Morgan fingerprint density at radius 1 is 1.31 bits per heavy atom. The third-order valence-corrected chi connectivity index (χ3v) is 2.53. The summed E-state index contributed by atoms with van der Waals surface area (Å²) in [6.07, 6.45) is 1.75. The highest BCUT2D eigenvalue weighted by molar-refractivity contribution is 6.00. The van der Waals surface area contributed by atoms with Crippen molar-refractivity contribution in [2.75, 3.05) is 13.1 Å². The van der Waals surface area contributed by atoms with Crippen molar-refractivity contribution in [3.05, 3.63) is 47.0 Å². The quantitative estimate of drug-likeness (QED) is 0.466. The first-order valence-corrected chi connectivity index (χ1v) is 5.49. The smallest absolute Gasteiger partial charge is 0.177 e. The molecule has 0 spiro atoms. The van der Waals surface area contributed by atoms with Gasteiger partial charge in [-0.15, -0.1) is 6.58 Å². The Hall–Kier alpha value is -1.41. The van der Waals surface area contributed by atoms with Gasteiger partial charge >= 0.3 is 0 Å². The van der Waals surface area contributed by atoms with Gasteiger partial charge in [0.05, 0.1) is 6.54 Å². The molecule has 0 fully saturated rings. The van der Waals surface area contributed by atoms with Crippen LogP contribution >= 0.6 is 0 Å². The lowest BCUT2D eigenvalue weighted by atomic mass is 9.96. The van der Waals surface area contributed by atoms with Gasteiger partial charge in [0.1, 0.15) is 0 Å².